The number of nitrogens with zero attached hydrogens (tertiary/aromatic N) is 2. The zero-order chi connectivity index (χ0) is 15.1. The number of thiophene rings is 1. The number of carbonyl (C=O) groups excluding carboxylic acids is 1. The smallest absolute Gasteiger partial charge is 0.266 e. The lowest BCUT2D eigenvalue weighted by Crippen LogP contribution is -2.51. The highest BCUT2D eigenvalue weighted by atomic mass is 32.1. The van der Waals surface area contributed by atoms with Crippen LogP contribution in [-0.4, -0.2) is 48.4 Å². The number of aryl methyl sites for hydroxylation is 1. The Bertz CT molecular complexity index is 694. The summed E-state index contributed by atoms with van der Waals surface area (Å²) in [7, 11) is 2.10. The first-order valence-corrected chi connectivity index (χ1v) is 8.07. The highest BCUT2D eigenvalue weighted by Gasteiger charge is 2.28. The first-order valence-electron chi connectivity index (χ1n) is 7.26. The van der Waals surface area contributed by atoms with Gasteiger partial charge >= 0.3 is 0 Å². The minimum absolute atomic E-state index is 0.0769. The number of carbonyl (C=O) groups is 1. The van der Waals surface area contributed by atoms with Crippen molar-refractivity contribution >= 4 is 33.0 Å². The van der Waals surface area contributed by atoms with Crippen molar-refractivity contribution in [1.82, 2.24) is 9.80 Å². The van der Waals surface area contributed by atoms with Gasteiger partial charge in [0.15, 0.2) is 0 Å². The summed E-state index contributed by atoms with van der Waals surface area (Å²) in [4.78, 5) is 17.7. The van der Waals surface area contributed by atoms with Crippen LogP contribution < -0.4 is 5.73 Å². The normalized spacial score (nSPS) is 20.1. The number of likely N-dealkylation sites (N-methyl/N-ethyl adjacent to an activating group) is 1. The average Bonchev–Trinajstić information content (AvgIpc) is 2.80. The molecule has 0 bridgehead atoms. The van der Waals surface area contributed by atoms with Gasteiger partial charge in [-0.3, -0.25) is 4.79 Å². The summed E-state index contributed by atoms with van der Waals surface area (Å²) in [5, 5.41) is 1.01. The van der Waals surface area contributed by atoms with Crippen molar-refractivity contribution in [3.8, 4) is 0 Å². The molecule has 2 heterocycles. The molecule has 1 aromatic carbocycles. The van der Waals surface area contributed by atoms with Crippen LogP contribution in [0.1, 0.15) is 22.2 Å². The van der Waals surface area contributed by atoms with E-state index in [1.807, 2.05) is 17.0 Å². The Labute approximate surface area is 129 Å². The van der Waals surface area contributed by atoms with Gasteiger partial charge in [0, 0.05) is 35.8 Å². The monoisotopic (exact) mass is 303 g/mol. The molecule has 4 nitrogen and oxygen atoms in total. The molecule has 1 unspecified atom stereocenters. The molecule has 1 aromatic heterocycles. The molecule has 2 aromatic rings. The van der Waals surface area contributed by atoms with E-state index in [4.69, 9.17) is 5.73 Å². The van der Waals surface area contributed by atoms with Gasteiger partial charge in [-0.25, -0.2) is 0 Å². The SMILES string of the molecule is Cc1cccc2c(N)c(C(=O)N3CCN(C)C(C)C3)sc12. The number of benzene rings is 1. The lowest BCUT2D eigenvalue weighted by atomic mass is 10.1. The van der Waals surface area contributed by atoms with Crippen LogP contribution in [0.2, 0.25) is 0 Å². The average molecular weight is 303 g/mol. The Balaban J connectivity index is 1.95. The Morgan fingerprint density at radius 3 is 2.81 bits per heavy atom. The van der Waals surface area contributed by atoms with Crippen molar-refractivity contribution in [1.29, 1.82) is 0 Å². The minimum Gasteiger partial charge on any atom is -0.397 e. The number of hydrogen-bond acceptors (Lipinski definition) is 4. The van der Waals surface area contributed by atoms with Crippen LogP contribution in [0.25, 0.3) is 10.1 Å². The predicted molar refractivity (Wildman–Crippen MR) is 89.0 cm³/mol. The number of nitrogen functional groups attached to an aromatic ring is 1. The summed E-state index contributed by atoms with van der Waals surface area (Å²) in [6.45, 7) is 6.66. The second kappa shape index (κ2) is 5.31. The van der Waals surface area contributed by atoms with Crippen LogP contribution in [0.4, 0.5) is 5.69 Å². The molecule has 1 aliphatic rings. The number of anilines is 1. The molecule has 112 valence electrons. The van der Waals surface area contributed by atoms with E-state index in [0.29, 0.717) is 16.6 Å². The van der Waals surface area contributed by atoms with E-state index in [1.54, 1.807) is 0 Å². The minimum atomic E-state index is 0.0769. The van der Waals surface area contributed by atoms with E-state index in [0.717, 1.165) is 29.7 Å². The Kier molecular flexibility index (Phi) is 3.63. The molecule has 2 N–H and O–H groups in total. The van der Waals surface area contributed by atoms with Crippen molar-refractivity contribution in [2.45, 2.75) is 19.9 Å². The fourth-order valence-corrected chi connectivity index (χ4v) is 3.97. The van der Waals surface area contributed by atoms with E-state index < -0.39 is 0 Å². The molecule has 0 aliphatic carbocycles. The lowest BCUT2D eigenvalue weighted by Gasteiger charge is -2.37. The molecule has 1 aliphatic heterocycles. The third-order valence-electron chi connectivity index (χ3n) is 4.39. The van der Waals surface area contributed by atoms with Gasteiger partial charge in [0.1, 0.15) is 4.88 Å². The maximum atomic E-state index is 12.8. The van der Waals surface area contributed by atoms with Crippen molar-refractivity contribution < 1.29 is 4.79 Å². The third-order valence-corrected chi connectivity index (χ3v) is 5.74. The molecule has 1 saturated heterocycles. The van der Waals surface area contributed by atoms with Crippen LogP contribution in [0.5, 0.6) is 0 Å². The van der Waals surface area contributed by atoms with Crippen LogP contribution in [0.3, 0.4) is 0 Å². The third kappa shape index (κ3) is 2.40. The fraction of sp³-hybridized carbons (Fsp3) is 0.438. The Morgan fingerprint density at radius 1 is 1.38 bits per heavy atom. The molecule has 5 heteroatoms. The zero-order valence-corrected chi connectivity index (χ0v) is 13.5. The largest absolute Gasteiger partial charge is 0.397 e. The zero-order valence-electron chi connectivity index (χ0n) is 12.7. The van der Waals surface area contributed by atoms with E-state index >= 15 is 0 Å². The van der Waals surface area contributed by atoms with Gasteiger partial charge in [-0.1, -0.05) is 18.2 Å². The summed E-state index contributed by atoms with van der Waals surface area (Å²) in [5.41, 5.74) is 8.04. The second-order valence-electron chi connectivity index (χ2n) is 5.88. The first-order chi connectivity index (χ1) is 9.99. The molecule has 0 spiro atoms. The van der Waals surface area contributed by atoms with Crippen molar-refractivity contribution in [2.75, 3.05) is 32.4 Å². The standard InChI is InChI=1S/C16H21N3OS/c1-10-5-4-6-12-13(17)15(21-14(10)12)16(20)19-8-7-18(3)11(2)9-19/h4-6,11H,7-9,17H2,1-3H3. The van der Waals surface area contributed by atoms with Crippen molar-refractivity contribution in [3.63, 3.8) is 0 Å². The topological polar surface area (TPSA) is 49.6 Å². The van der Waals surface area contributed by atoms with Gasteiger partial charge in [0.05, 0.1) is 5.69 Å². The molecular weight excluding hydrogens is 282 g/mol. The van der Waals surface area contributed by atoms with Gasteiger partial charge in [0.2, 0.25) is 0 Å². The number of fused-ring (bicyclic) bond motifs is 1. The number of hydrogen-bond donors (Lipinski definition) is 1. The molecular formula is C16H21N3OS. The highest BCUT2D eigenvalue weighted by molar-refractivity contribution is 7.21. The summed E-state index contributed by atoms with van der Waals surface area (Å²) in [5.74, 6) is 0.0769. The summed E-state index contributed by atoms with van der Waals surface area (Å²) in [6.07, 6.45) is 0. The predicted octanol–water partition coefficient (Wildman–Crippen LogP) is 2.57. The first kappa shape index (κ1) is 14.4. The summed E-state index contributed by atoms with van der Waals surface area (Å²) in [6, 6.07) is 6.44. The van der Waals surface area contributed by atoms with Crippen LogP contribution in [0, 0.1) is 6.92 Å². The van der Waals surface area contributed by atoms with Gasteiger partial charge in [0.25, 0.3) is 5.91 Å². The number of amides is 1. The molecule has 21 heavy (non-hydrogen) atoms. The molecule has 3 rings (SSSR count). The molecule has 1 atom stereocenters. The molecule has 1 fully saturated rings. The van der Waals surface area contributed by atoms with Gasteiger partial charge < -0.3 is 15.5 Å². The maximum absolute atomic E-state index is 12.8. The van der Waals surface area contributed by atoms with Crippen molar-refractivity contribution in [3.05, 3.63) is 28.6 Å². The molecule has 0 saturated carbocycles. The van der Waals surface area contributed by atoms with Crippen LogP contribution in [0.15, 0.2) is 18.2 Å². The Hall–Kier alpha value is -1.59. The summed E-state index contributed by atoms with van der Waals surface area (Å²) < 4.78 is 1.13. The van der Waals surface area contributed by atoms with Crippen LogP contribution in [-0.2, 0) is 0 Å². The van der Waals surface area contributed by atoms with Crippen LogP contribution >= 0.6 is 11.3 Å². The number of piperazine rings is 1. The van der Waals surface area contributed by atoms with Crippen molar-refractivity contribution in [2.24, 2.45) is 0 Å². The van der Waals surface area contributed by atoms with Gasteiger partial charge in [-0.2, -0.15) is 0 Å². The highest BCUT2D eigenvalue weighted by Crippen LogP contribution is 2.36. The quantitative estimate of drug-likeness (QED) is 0.881. The van der Waals surface area contributed by atoms with Gasteiger partial charge in [-0.15, -0.1) is 11.3 Å². The fourth-order valence-electron chi connectivity index (χ4n) is 2.81. The Morgan fingerprint density at radius 2 is 2.14 bits per heavy atom. The van der Waals surface area contributed by atoms with E-state index in [1.165, 1.54) is 16.9 Å². The molecule has 0 radical (unpaired) electrons. The molecule has 1 amide bonds. The maximum Gasteiger partial charge on any atom is 0.266 e. The second-order valence-corrected chi connectivity index (χ2v) is 6.90. The summed E-state index contributed by atoms with van der Waals surface area (Å²) >= 11 is 1.52. The van der Waals surface area contributed by atoms with E-state index in [2.05, 4.69) is 31.9 Å². The van der Waals surface area contributed by atoms with E-state index in [9.17, 15) is 4.79 Å². The van der Waals surface area contributed by atoms with Gasteiger partial charge in [-0.05, 0) is 26.5 Å². The lowest BCUT2D eigenvalue weighted by molar-refractivity contribution is 0.0578. The number of rotatable bonds is 1. The van der Waals surface area contributed by atoms with E-state index in [-0.39, 0.29) is 5.91 Å². The number of nitrogens with two attached hydrogens (primary N) is 1.